The zero-order valence-electron chi connectivity index (χ0n) is 20.6. The maximum Gasteiger partial charge on any atom is 0.266 e. The summed E-state index contributed by atoms with van der Waals surface area (Å²) >= 11 is 0. The number of nitrogens with zero attached hydrogens (tertiary/aromatic N) is 4. The molecule has 3 aliphatic heterocycles. The highest BCUT2D eigenvalue weighted by Gasteiger charge is 2.32. The largest absolute Gasteiger partial charge is 0.378 e. The fourth-order valence-electron chi connectivity index (χ4n) is 4.75. The monoisotopic (exact) mass is 511 g/mol. The minimum atomic E-state index is -2.94. The maximum absolute atomic E-state index is 14.7. The highest BCUT2D eigenvalue weighted by molar-refractivity contribution is 6.24. The molecule has 1 amide bonds. The van der Waals surface area contributed by atoms with Crippen LogP contribution >= 0.6 is 0 Å². The van der Waals surface area contributed by atoms with Gasteiger partial charge in [-0.05, 0) is 32.1 Å². The van der Waals surface area contributed by atoms with Gasteiger partial charge in [-0.1, -0.05) is 18.2 Å². The van der Waals surface area contributed by atoms with Gasteiger partial charge in [0.25, 0.3) is 12.3 Å². The molecule has 5 rings (SSSR count). The van der Waals surface area contributed by atoms with Gasteiger partial charge >= 0.3 is 0 Å². The number of carbonyl (C=O) groups excluding carboxylic acids is 1. The molecule has 0 radical (unpaired) electrons. The second kappa shape index (κ2) is 10.4. The number of ether oxygens (including phenoxy) is 1. The molecule has 7 nitrogen and oxygen atoms in total. The topological polar surface area (TPSA) is 70.1 Å². The van der Waals surface area contributed by atoms with Gasteiger partial charge in [0.05, 0.1) is 54.0 Å². The lowest BCUT2D eigenvalue weighted by molar-refractivity contribution is -0.117. The lowest BCUT2D eigenvalue weighted by atomic mass is 10.0. The highest BCUT2D eigenvalue weighted by Crippen LogP contribution is 2.30. The van der Waals surface area contributed by atoms with E-state index in [2.05, 4.69) is 20.2 Å². The molecule has 2 aromatic rings. The van der Waals surface area contributed by atoms with Gasteiger partial charge in [-0.2, -0.15) is 0 Å². The predicted octanol–water partition coefficient (Wildman–Crippen LogP) is 4.26. The number of carbonyl (C=O) groups is 1. The number of morpholine rings is 1. The standard InChI is InChI=1S/C27H28F3N5O2/c1-16-14-35-15-18(23-7-6-19(13-31-23)34-8-10-37-11-9-34)12-22(26(35)32-16)27(36)33-17(2)20-4-3-5-21(24(20)28)25(29)30/h3-7,12-13,15-17,25H,8-11,14H2,1-2H3,(H,33,36)/t16-,17-/m1/s1. The number of aliphatic imine (C=N–C) groups is 1. The summed E-state index contributed by atoms with van der Waals surface area (Å²) in [5.74, 6) is -0.961. The third-order valence-corrected chi connectivity index (χ3v) is 6.68. The van der Waals surface area contributed by atoms with Crippen molar-refractivity contribution in [2.24, 2.45) is 4.99 Å². The first-order valence-electron chi connectivity index (χ1n) is 12.3. The molecule has 1 fully saturated rings. The molecular formula is C27H28F3N5O2. The summed E-state index contributed by atoms with van der Waals surface area (Å²) in [6, 6.07) is 6.87. The molecule has 0 aliphatic carbocycles. The fourth-order valence-corrected chi connectivity index (χ4v) is 4.75. The number of amidine groups is 1. The summed E-state index contributed by atoms with van der Waals surface area (Å²) in [7, 11) is 0. The van der Waals surface area contributed by atoms with Crippen molar-refractivity contribution in [1.82, 2.24) is 15.2 Å². The number of nitrogens with one attached hydrogen (secondary N) is 1. The Balaban J connectivity index is 1.40. The lowest BCUT2D eigenvalue weighted by Gasteiger charge is -2.28. The number of halogens is 3. The van der Waals surface area contributed by atoms with Crippen molar-refractivity contribution < 1.29 is 22.7 Å². The Morgan fingerprint density at radius 2 is 1.92 bits per heavy atom. The number of pyridine rings is 1. The molecule has 10 heteroatoms. The number of anilines is 1. The first kappa shape index (κ1) is 25.0. The molecule has 2 atom stereocenters. The van der Waals surface area contributed by atoms with Crippen LogP contribution in [0.1, 0.15) is 43.1 Å². The molecule has 0 saturated carbocycles. The van der Waals surface area contributed by atoms with E-state index in [1.807, 2.05) is 36.4 Å². The van der Waals surface area contributed by atoms with Crippen LogP contribution in [0, 0.1) is 5.82 Å². The van der Waals surface area contributed by atoms with Crippen LogP contribution in [-0.2, 0) is 9.53 Å². The molecule has 0 unspecified atom stereocenters. The molecule has 1 saturated heterocycles. The number of alkyl halides is 2. The van der Waals surface area contributed by atoms with E-state index in [-0.39, 0.29) is 11.6 Å². The Morgan fingerprint density at radius 1 is 1.16 bits per heavy atom. The van der Waals surface area contributed by atoms with Crippen molar-refractivity contribution in [1.29, 1.82) is 0 Å². The van der Waals surface area contributed by atoms with E-state index in [1.54, 1.807) is 13.0 Å². The van der Waals surface area contributed by atoms with Crippen molar-refractivity contribution in [3.05, 3.63) is 77.0 Å². The molecule has 194 valence electrons. The average molecular weight is 512 g/mol. The van der Waals surface area contributed by atoms with Gasteiger partial charge in [-0.3, -0.25) is 14.8 Å². The zero-order valence-corrected chi connectivity index (χ0v) is 20.6. The van der Waals surface area contributed by atoms with Gasteiger partial charge in [0.15, 0.2) is 0 Å². The Labute approximate surface area is 213 Å². The van der Waals surface area contributed by atoms with E-state index in [4.69, 9.17) is 4.74 Å². The third-order valence-electron chi connectivity index (χ3n) is 6.68. The Bertz CT molecular complexity index is 1270. The van der Waals surface area contributed by atoms with Gasteiger partial charge in [0, 0.05) is 37.0 Å². The van der Waals surface area contributed by atoms with Crippen LogP contribution in [0.5, 0.6) is 0 Å². The van der Waals surface area contributed by atoms with E-state index < -0.39 is 29.8 Å². The number of amides is 1. The fraction of sp³-hybridized carbons (Fsp3) is 0.370. The minimum absolute atomic E-state index is 0.00252. The van der Waals surface area contributed by atoms with Crippen molar-refractivity contribution in [3.63, 3.8) is 0 Å². The molecule has 1 aromatic heterocycles. The van der Waals surface area contributed by atoms with E-state index in [0.29, 0.717) is 36.9 Å². The van der Waals surface area contributed by atoms with Gasteiger partial charge in [-0.15, -0.1) is 0 Å². The van der Waals surface area contributed by atoms with E-state index >= 15 is 0 Å². The molecular weight excluding hydrogens is 483 g/mol. The number of rotatable bonds is 6. The van der Waals surface area contributed by atoms with Gasteiger partial charge in [0.2, 0.25) is 0 Å². The lowest BCUT2D eigenvalue weighted by Crippen LogP contribution is -2.37. The number of fused-ring (bicyclic) bond motifs is 1. The van der Waals surface area contributed by atoms with Crippen LogP contribution in [-0.4, -0.2) is 60.5 Å². The summed E-state index contributed by atoms with van der Waals surface area (Å²) in [4.78, 5) is 26.7. The maximum atomic E-state index is 14.7. The van der Waals surface area contributed by atoms with Crippen molar-refractivity contribution in [2.75, 3.05) is 37.7 Å². The first-order chi connectivity index (χ1) is 17.8. The Kier molecular flexibility index (Phi) is 7.01. The van der Waals surface area contributed by atoms with Crippen molar-refractivity contribution >= 4 is 23.0 Å². The summed E-state index contributed by atoms with van der Waals surface area (Å²) in [6.45, 7) is 7.09. The van der Waals surface area contributed by atoms with Gasteiger partial charge in [0.1, 0.15) is 11.7 Å². The number of hydrogen-bond donors (Lipinski definition) is 1. The molecule has 0 spiro atoms. The number of hydrogen-bond acceptors (Lipinski definition) is 6. The van der Waals surface area contributed by atoms with Crippen LogP contribution in [0.2, 0.25) is 0 Å². The minimum Gasteiger partial charge on any atom is -0.378 e. The molecule has 4 heterocycles. The highest BCUT2D eigenvalue weighted by atomic mass is 19.3. The van der Waals surface area contributed by atoms with Crippen molar-refractivity contribution in [2.45, 2.75) is 32.4 Å². The predicted molar refractivity (Wildman–Crippen MR) is 135 cm³/mol. The second-order valence-electron chi connectivity index (χ2n) is 9.34. The number of allylic oxidation sites excluding steroid dienone is 2. The van der Waals surface area contributed by atoms with Gasteiger partial charge < -0.3 is 19.9 Å². The molecule has 1 aromatic carbocycles. The van der Waals surface area contributed by atoms with Crippen molar-refractivity contribution in [3.8, 4) is 0 Å². The van der Waals surface area contributed by atoms with E-state index in [0.717, 1.165) is 30.4 Å². The van der Waals surface area contributed by atoms with Crippen LogP contribution in [0.4, 0.5) is 18.9 Å². The quantitative estimate of drug-likeness (QED) is 0.628. The number of aromatic nitrogens is 1. The van der Waals surface area contributed by atoms with E-state index in [1.165, 1.54) is 12.1 Å². The zero-order chi connectivity index (χ0) is 26.1. The normalized spacial score (nSPS) is 20.3. The van der Waals surface area contributed by atoms with Crippen LogP contribution in [0.3, 0.4) is 0 Å². The van der Waals surface area contributed by atoms with Gasteiger partial charge in [-0.25, -0.2) is 13.2 Å². The first-order valence-corrected chi connectivity index (χ1v) is 12.3. The molecule has 37 heavy (non-hydrogen) atoms. The van der Waals surface area contributed by atoms with Crippen LogP contribution in [0.25, 0.3) is 5.57 Å². The average Bonchev–Trinajstić information content (AvgIpc) is 3.28. The molecule has 1 N–H and O–H groups in total. The Hall–Kier alpha value is -3.66. The summed E-state index contributed by atoms with van der Waals surface area (Å²) in [5.41, 5.74) is 2.07. The smallest absolute Gasteiger partial charge is 0.266 e. The summed E-state index contributed by atoms with van der Waals surface area (Å²) in [5, 5.41) is 2.76. The third kappa shape index (κ3) is 5.11. The summed E-state index contributed by atoms with van der Waals surface area (Å²) in [6.07, 6.45) is 2.51. The second-order valence-corrected chi connectivity index (χ2v) is 9.34. The molecule has 0 bridgehead atoms. The van der Waals surface area contributed by atoms with Crippen LogP contribution < -0.4 is 10.2 Å². The molecule has 3 aliphatic rings. The Morgan fingerprint density at radius 3 is 2.62 bits per heavy atom. The summed E-state index contributed by atoms with van der Waals surface area (Å²) < 4.78 is 46.4. The van der Waals surface area contributed by atoms with Crippen LogP contribution in [0.15, 0.2) is 59.4 Å². The SMILES string of the molecule is C[C@@H]1CN2C=C(c3ccc(N4CCOCC4)cn3)C=C(C(=O)N[C@H](C)c3cccc(C(F)F)c3F)C2=N1. The number of benzene rings is 1. The van der Waals surface area contributed by atoms with E-state index in [9.17, 15) is 18.0 Å².